The normalized spacial score (nSPS) is 15.8. The van der Waals surface area contributed by atoms with Gasteiger partial charge in [-0.1, -0.05) is 71.3 Å². The summed E-state index contributed by atoms with van der Waals surface area (Å²) in [4.78, 5) is 24.4. The van der Waals surface area contributed by atoms with Gasteiger partial charge in [0.1, 0.15) is 5.69 Å². The molecular weight excluding hydrogens is 378 g/mol. The first-order valence-electron chi connectivity index (χ1n) is 11.2. The van der Waals surface area contributed by atoms with Crippen molar-refractivity contribution in [2.45, 2.75) is 77.7 Å². The molecule has 0 spiro atoms. The second-order valence-corrected chi connectivity index (χ2v) is 8.17. The molecule has 0 radical (unpaired) electrons. The van der Waals surface area contributed by atoms with Crippen molar-refractivity contribution < 1.29 is 14.7 Å². The van der Waals surface area contributed by atoms with Crippen LogP contribution in [0, 0.1) is 5.92 Å². The van der Waals surface area contributed by atoms with Gasteiger partial charge in [0, 0.05) is 13.1 Å². The van der Waals surface area contributed by atoms with Gasteiger partial charge in [-0.25, -0.2) is 0 Å². The molecule has 1 aromatic rings. The molecule has 6 heteroatoms. The van der Waals surface area contributed by atoms with E-state index in [0.717, 1.165) is 18.8 Å². The molecule has 0 aromatic carbocycles. The molecule has 1 aliphatic rings. The van der Waals surface area contributed by atoms with Crippen LogP contribution < -0.4 is 5.32 Å². The van der Waals surface area contributed by atoms with Gasteiger partial charge in [-0.3, -0.25) is 9.59 Å². The highest BCUT2D eigenvalue weighted by Gasteiger charge is 2.27. The zero-order chi connectivity index (χ0) is 21.9. The van der Waals surface area contributed by atoms with Gasteiger partial charge in [-0.2, -0.15) is 5.10 Å². The van der Waals surface area contributed by atoms with Gasteiger partial charge < -0.3 is 10.4 Å². The average molecular weight is 414 g/mol. The highest BCUT2D eigenvalue weighted by atomic mass is 16.3. The number of aliphatic hydroxyl groups is 1. The third kappa shape index (κ3) is 7.17. The van der Waals surface area contributed by atoms with Gasteiger partial charge in [0.2, 0.25) is 5.78 Å². The maximum Gasteiger partial charge on any atom is 0.229 e. The van der Waals surface area contributed by atoms with E-state index in [0.29, 0.717) is 12.1 Å². The Kier molecular flexibility index (Phi) is 9.87. The summed E-state index contributed by atoms with van der Waals surface area (Å²) in [6, 6.07) is 1.55. The van der Waals surface area contributed by atoms with Crippen LogP contribution in [0.25, 0.3) is 6.08 Å². The number of aromatic nitrogens is 2. The first-order valence-corrected chi connectivity index (χ1v) is 11.2. The highest BCUT2D eigenvalue weighted by molar-refractivity contribution is 6.23. The van der Waals surface area contributed by atoms with E-state index in [1.165, 1.54) is 44.6 Å². The lowest BCUT2D eigenvalue weighted by atomic mass is 9.97. The summed E-state index contributed by atoms with van der Waals surface area (Å²) >= 11 is 0. The summed E-state index contributed by atoms with van der Waals surface area (Å²) in [7, 11) is 1.59. The second-order valence-electron chi connectivity index (χ2n) is 8.17. The van der Waals surface area contributed by atoms with E-state index in [-0.39, 0.29) is 28.5 Å². The standard InChI is InChI=1S/C24H35N3O3/c1-4-17(2)11-9-7-5-6-8-10-12-19(28)14-13-18-15-20-22(29)16-21(25-3)24(30)23(20)27-26-18/h13-17,19,25,28H,4-12H2,1-3H3/t17?,19-/m1/s1. The number of carbonyl (C=O) groups is 2. The van der Waals surface area contributed by atoms with E-state index >= 15 is 0 Å². The summed E-state index contributed by atoms with van der Waals surface area (Å²) in [5, 5.41) is 20.8. The smallest absolute Gasteiger partial charge is 0.229 e. The SMILES string of the molecule is CCC(C)CCCCCCCC[C@@H](O)C=Cc1cc2c(nn1)C(=O)C(NC)=CC2=O. The summed E-state index contributed by atoms with van der Waals surface area (Å²) < 4.78 is 0. The molecule has 0 amide bonds. The van der Waals surface area contributed by atoms with Crippen LogP contribution in [-0.2, 0) is 0 Å². The number of likely N-dealkylation sites (N-methyl/N-ethyl adjacent to an activating group) is 1. The largest absolute Gasteiger partial charge is 0.389 e. The predicted molar refractivity (Wildman–Crippen MR) is 119 cm³/mol. The first-order chi connectivity index (χ1) is 14.5. The zero-order valence-electron chi connectivity index (χ0n) is 18.5. The Morgan fingerprint density at radius 3 is 2.40 bits per heavy atom. The molecule has 2 N–H and O–H groups in total. The Labute approximate surface area is 179 Å². The van der Waals surface area contributed by atoms with Crippen LogP contribution in [0.1, 0.15) is 98.2 Å². The number of unbranched alkanes of at least 4 members (excludes halogenated alkanes) is 5. The Morgan fingerprint density at radius 1 is 1.07 bits per heavy atom. The molecule has 1 aromatic heterocycles. The van der Waals surface area contributed by atoms with Crippen molar-refractivity contribution in [3.8, 4) is 0 Å². The molecule has 30 heavy (non-hydrogen) atoms. The summed E-state index contributed by atoms with van der Waals surface area (Å²) in [6.07, 6.45) is 14.6. The molecular formula is C24H35N3O3. The third-order valence-corrected chi connectivity index (χ3v) is 5.72. The lowest BCUT2D eigenvalue weighted by Gasteiger charge is -2.13. The number of hydrogen-bond donors (Lipinski definition) is 2. The van der Waals surface area contributed by atoms with Gasteiger partial charge >= 0.3 is 0 Å². The number of Topliss-reactive ketones (excluding diaryl/α,β-unsaturated/α-hetero) is 1. The Bertz CT molecular complexity index is 786. The Hall–Kier alpha value is -2.34. The number of hydrogen-bond acceptors (Lipinski definition) is 6. The molecule has 0 bridgehead atoms. The van der Waals surface area contributed by atoms with E-state index in [2.05, 4.69) is 29.4 Å². The van der Waals surface area contributed by atoms with E-state index in [4.69, 9.17) is 0 Å². The fourth-order valence-electron chi connectivity index (χ4n) is 3.49. The van der Waals surface area contributed by atoms with E-state index in [1.54, 1.807) is 25.3 Å². The molecule has 1 aliphatic carbocycles. The van der Waals surface area contributed by atoms with Crippen molar-refractivity contribution in [1.29, 1.82) is 0 Å². The van der Waals surface area contributed by atoms with Gasteiger partial charge in [0.15, 0.2) is 5.78 Å². The number of carbonyl (C=O) groups excluding carboxylic acids is 2. The lowest BCUT2D eigenvalue weighted by Crippen LogP contribution is -2.26. The Balaban J connectivity index is 1.72. The molecule has 0 saturated heterocycles. The second kappa shape index (κ2) is 12.4. The predicted octanol–water partition coefficient (Wildman–Crippen LogP) is 4.50. The molecule has 2 atom stereocenters. The minimum Gasteiger partial charge on any atom is -0.389 e. The van der Waals surface area contributed by atoms with Gasteiger partial charge in [0.25, 0.3) is 0 Å². The number of rotatable bonds is 13. The van der Waals surface area contributed by atoms with Crippen molar-refractivity contribution >= 4 is 17.6 Å². The highest BCUT2D eigenvalue weighted by Crippen LogP contribution is 2.19. The minimum atomic E-state index is -0.554. The van der Waals surface area contributed by atoms with E-state index < -0.39 is 6.10 Å². The molecule has 0 saturated carbocycles. The molecule has 1 unspecified atom stereocenters. The number of fused-ring (bicyclic) bond motifs is 1. The number of ketones is 2. The third-order valence-electron chi connectivity index (χ3n) is 5.72. The molecule has 1 heterocycles. The van der Waals surface area contributed by atoms with Crippen molar-refractivity contribution in [3.05, 3.63) is 40.9 Å². The molecule has 2 rings (SSSR count). The molecule has 0 fully saturated rings. The van der Waals surface area contributed by atoms with Crippen molar-refractivity contribution in [3.63, 3.8) is 0 Å². The van der Waals surface area contributed by atoms with Gasteiger partial charge in [0.05, 0.1) is 23.1 Å². The average Bonchev–Trinajstić information content (AvgIpc) is 2.76. The molecule has 164 valence electrons. The minimum absolute atomic E-state index is 0.0636. The first kappa shape index (κ1) is 23.9. The number of nitrogens with zero attached hydrogens (tertiary/aromatic N) is 2. The Morgan fingerprint density at radius 2 is 1.73 bits per heavy atom. The van der Waals surface area contributed by atoms with Crippen LogP contribution in [0.15, 0.2) is 23.9 Å². The lowest BCUT2D eigenvalue weighted by molar-refractivity contribution is 0.0974. The van der Waals surface area contributed by atoms with Crippen LogP contribution in [0.3, 0.4) is 0 Å². The number of nitrogens with one attached hydrogen (secondary N) is 1. The van der Waals surface area contributed by atoms with Crippen LogP contribution in [0.4, 0.5) is 0 Å². The summed E-state index contributed by atoms with van der Waals surface area (Å²) in [5.74, 6) is 0.228. The van der Waals surface area contributed by atoms with Crippen LogP contribution in [0.5, 0.6) is 0 Å². The monoisotopic (exact) mass is 413 g/mol. The van der Waals surface area contributed by atoms with Gasteiger partial charge in [-0.05, 0) is 24.5 Å². The summed E-state index contributed by atoms with van der Waals surface area (Å²) in [5.41, 5.74) is 0.984. The number of aliphatic hydroxyl groups excluding tert-OH is 1. The maximum atomic E-state index is 12.2. The van der Waals surface area contributed by atoms with Crippen molar-refractivity contribution in [2.75, 3.05) is 7.05 Å². The van der Waals surface area contributed by atoms with E-state index in [9.17, 15) is 14.7 Å². The molecule has 6 nitrogen and oxygen atoms in total. The van der Waals surface area contributed by atoms with E-state index in [1.807, 2.05) is 0 Å². The quantitative estimate of drug-likeness (QED) is 0.463. The van der Waals surface area contributed by atoms with Crippen LogP contribution in [0.2, 0.25) is 0 Å². The van der Waals surface area contributed by atoms with Gasteiger partial charge in [-0.15, -0.1) is 5.10 Å². The van der Waals surface area contributed by atoms with Crippen molar-refractivity contribution in [2.24, 2.45) is 5.92 Å². The summed E-state index contributed by atoms with van der Waals surface area (Å²) in [6.45, 7) is 4.57. The zero-order valence-corrected chi connectivity index (χ0v) is 18.5. The molecule has 0 aliphatic heterocycles. The fraction of sp³-hybridized carbons (Fsp3) is 0.583. The fourth-order valence-corrected chi connectivity index (χ4v) is 3.49. The topological polar surface area (TPSA) is 92.2 Å². The maximum absolute atomic E-state index is 12.2. The number of allylic oxidation sites excluding steroid dienone is 2. The van der Waals surface area contributed by atoms with Crippen LogP contribution in [-0.4, -0.2) is 40.0 Å². The van der Waals surface area contributed by atoms with Crippen molar-refractivity contribution in [1.82, 2.24) is 15.5 Å². The van der Waals surface area contributed by atoms with Crippen LogP contribution >= 0.6 is 0 Å².